The molecular formula is C21H24BrN3O5. The minimum Gasteiger partial charge on any atom is -0.493 e. The first-order valence-electron chi connectivity index (χ1n) is 9.54. The minimum atomic E-state index is -0.524. The van der Waals surface area contributed by atoms with Gasteiger partial charge in [-0.3, -0.25) is 14.9 Å². The van der Waals surface area contributed by atoms with Crippen LogP contribution in [-0.4, -0.2) is 30.8 Å². The molecular weight excluding hydrogens is 454 g/mol. The molecule has 0 saturated heterocycles. The fourth-order valence-electron chi connectivity index (χ4n) is 2.62. The molecule has 0 bridgehead atoms. The Morgan fingerprint density at radius 2 is 1.97 bits per heavy atom. The number of methoxy groups -OCH3 is 1. The Hall–Kier alpha value is -2.94. The molecule has 0 fully saturated rings. The third-order valence-corrected chi connectivity index (χ3v) is 4.81. The van der Waals surface area contributed by atoms with Gasteiger partial charge in [0, 0.05) is 17.7 Å². The Labute approximate surface area is 183 Å². The lowest BCUT2D eigenvalue weighted by Gasteiger charge is -2.13. The fourth-order valence-corrected chi connectivity index (χ4v) is 3.20. The number of hydrazone groups is 1. The summed E-state index contributed by atoms with van der Waals surface area (Å²) in [6.07, 6.45) is 5.92. The van der Waals surface area contributed by atoms with Crippen LogP contribution < -0.4 is 14.9 Å². The number of carbonyl (C=O) groups is 1. The highest BCUT2D eigenvalue weighted by atomic mass is 79.9. The van der Waals surface area contributed by atoms with Crippen molar-refractivity contribution < 1.29 is 19.2 Å². The van der Waals surface area contributed by atoms with Gasteiger partial charge in [0.05, 0.1) is 29.3 Å². The number of nitro benzene ring substituents is 1. The van der Waals surface area contributed by atoms with Gasteiger partial charge in [-0.2, -0.15) is 5.10 Å². The van der Waals surface area contributed by atoms with E-state index in [1.54, 1.807) is 13.2 Å². The lowest BCUT2D eigenvalue weighted by atomic mass is 10.2. The zero-order valence-electron chi connectivity index (χ0n) is 16.9. The topological polar surface area (TPSA) is 103 Å². The van der Waals surface area contributed by atoms with E-state index in [0.717, 1.165) is 17.3 Å². The van der Waals surface area contributed by atoms with E-state index < -0.39 is 10.8 Å². The number of unbranched alkanes of at least 4 members (excludes halogenated alkanes) is 3. The molecule has 0 unspecified atom stereocenters. The van der Waals surface area contributed by atoms with Gasteiger partial charge < -0.3 is 9.47 Å². The summed E-state index contributed by atoms with van der Waals surface area (Å²) in [6.45, 7) is 2.77. The van der Waals surface area contributed by atoms with Crippen LogP contribution in [0.15, 0.2) is 46.0 Å². The summed E-state index contributed by atoms with van der Waals surface area (Å²) in [7, 11) is 1.56. The Kier molecular flexibility index (Phi) is 9.27. The van der Waals surface area contributed by atoms with E-state index in [0.29, 0.717) is 23.7 Å². The van der Waals surface area contributed by atoms with Crippen molar-refractivity contribution in [2.75, 3.05) is 13.7 Å². The summed E-state index contributed by atoms with van der Waals surface area (Å²) < 4.78 is 12.0. The van der Waals surface area contributed by atoms with Gasteiger partial charge in [0.15, 0.2) is 11.5 Å². The molecule has 0 aliphatic heterocycles. The number of amides is 1. The van der Waals surface area contributed by atoms with Crippen molar-refractivity contribution >= 4 is 33.7 Å². The molecule has 0 heterocycles. The normalized spacial score (nSPS) is 10.8. The minimum absolute atomic E-state index is 0.0836. The van der Waals surface area contributed by atoms with Crippen LogP contribution in [0, 0.1) is 10.1 Å². The summed E-state index contributed by atoms with van der Waals surface area (Å²) in [4.78, 5) is 22.3. The van der Waals surface area contributed by atoms with E-state index in [9.17, 15) is 14.9 Å². The van der Waals surface area contributed by atoms with Crippen LogP contribution in [0.5, 0.6) is 11.5 Å². The van der Waals surface area contributed by atoms with Crippen molar-refractivity contribution in [1.29, 1.82) is 0 Å². The molecule has 2 aromatic carbocycles. The molecule has 30 heavy (non-hydrogen) atoms. The number of halogens is 1. The summed E-state index contributed by atoms with van der Waals surface area (Å²) in [5.74, 6) is 0.711. The molecule has 2 aromatic rings. The predicted molar refractivity (Wildman–Crippen MR) is 118 cm³/mol. The average Bonchev–Trinajstić information content (AvgIpc) is 2.74. The summed E-state index contributed by atoms with van der Waals surface area (Å²) in [5, 5.41) is 14.6. The van der Waals surface area contributed by atoms with E-state index in [2.05, 4.69) is 33.4 Å². The van der Waals surface area contributed by atoms with Crippen LogP contribution in [0.2, 0.25) is 0 Å². The van der Waals surface area contributed by atoms with Gasteiger partial charge in [0.25, 0.3) is 11.6 Å². The van der Waals surface area contributed by atoms with Crippen molar-refractivity contribution in [3.05, 3.63) is 62.1 Å². The third kappa shape index (κ3) is 6.84. The molecule has 0 radical (unpaired) electrons. The number of carbonyl (C=O) groups excluding carboxylic acids is 1. The first-order chi connectivity index (χ1) is 14.5. The van der Waals surface area contributed by atoms with Gasteiger partial charge in [0.2, 0.25) is 0 Å². The lowest BCUT2D eigenvalue weighted by Crippen LogP contribution is -2.17. The smallest absolute Gasteiger partial charge is 0.271 e. The maximum absolute atomic E-state index is 12.1. The average molecular weight is 478 g/mol. The molecule has 0 saturated carbocycles. The van der Waals surface area contributed by atoms with Crippen LogP contribution in [0.1, 0.15) is 48.5 Å². The van der Waals surface area contributed by atoms with E-state index in [1.165, 1.54) is 43.3 Å². The number of nitro groups is 1. The van der Waals surface area contributed by atoms with Crippen LogP contribution in [0.25, 0.3) is 0 Å². The third-order valence-electron chi connectivity index (χ3n) is 4.22. The lowest BCUT2D eigenvalue weighted by molar-refractivity contribution is -0.384. The second-order valence-electron chi connectivity index (χ2n) is 6.45. The molecule has 1 N–H and O–H groups in total. The maximum Gasteiger partial charge on any atom is 0.271 e. The van der Waals surface area contributed by atoms with Gasteiger partial charge in [0.1, 0.15) is 0 Å². The van der Waals surface area contributed by atoms with Crippen molar-refractivity contribution in [3.8, 4) is 11.5 Å². The monoisotopic (exact) mass is 477 g/mol. The largest absolute Gasteiger partial charge is 0.493 e. The van der Waals surface area contributed by atoms with Crippen LogP contribution in [0.3, 0.4) is 0 Å². The Bertz CT molecular complexity index is 900. The number of ether oxygens (including phenoxy) is 2. The first kappa shape index (κ1) is 23.3. The van der Waals surface area contributed by atoms with Crippen molar-refractivity contribution in [2.45, 2.75) is 32.6 Å². The molecule has 1 amide bonds. The second kappa shape index (κ2) is 11.9. The Morgan fingerprint density at radius 3 is 2.60 bits per heavy atom. The first-order valence-corrected chi connectivity index (χ1v) is 10.3. The van der Waals surface area contributed by atoms with Crippen LogP contribution in [-0.2, 0) is 0 Å². The SMILES string of the molecule is CCCCCCOc1c(Br)cc(C=NNC(=O)c2ccc([N+](=O)[O-])cc2)cc1OC. The molecule has 0 aromatic heterocycles. The standard InChI is InChI=1S/C21H24BrN3O5/c1-3-4-5-6-11-30-20-18(22)12-15(13-19(20)29-2)14-23-24-21(26)16-7-9-17(10-8-16)25(27)28/h7-10,12-14H,3-6,11H2,1-2H3,(H,24,26). The van der Waals surface area contributed by atoms with Gasteiger partial charge in [-0.25, -0.2) is 5.43 Å². The number of rotatable bonds is 11. The van der Waals surface area contributed by atoms with Crippen LogP contribution >= 0.6 is 15.9 Å². The van der Waals surface area contributed by atoms with E-state index in [4.69, 9.17) is 9.47 Å². The highest BCUT2D eigenvalue weighted by Crippen LogP contribution is 2.36. The Morgan fingerprint density at radius 1 is 1.23 bits per heavy atom. The highest BCUT2D eigenvalue weighted by molar-refractivity contribution is 9.10. The van der Waals surface area contributed by atoms with Gasteiger partial charge in [-0.05, 0) is 52.2 Å². The number of hydrogen-bond donors (Lipinski definition) is 1. The molecule has 0 atom stereocenters. The number of hydrogen-bond acceptors (Lipinski definition) is 6. The molecule has 2 rings (SSSR count). The molecule has 0 aliphatic carbocycles. The second-order valence-corrected chi connectivity index (χ2v) is 7.30. The maximum atomic E-state index is 12.1. The summed E-state index contributed by atoms with van der Waals surface area (Å²) >= 11 is 3.49. The molecule has 9 heteroatoms. The van der Waals surface area contributed by atoms with Crippen molar-refractivity contribution in [2.24, 2.45) is 5.10 Å². The number of nitrogens with one attached hydrogen (secondary N) is 1. The van der Waals surface area contributed by atoms with E-state index in [1.807, 2.05) is 6.07 Å². The fraction of sp³-hybridized carbons (Fsp3) is 0.333. The van der Waals surface area contributed by atoms with Crippen molar-refractivity contribution in [3.63, 3.8) is 0 Å². The van der Waals surface area contributed by atoms with E-state index in [-0.39, 0.29) is 11.3 Å². The molecule has 160 valence electrons. The predicted octanol–water partition coefficient (Wildman–Crippen LogP) is 5.09. The van der Waals surface area contributed by atoms with E-state index >= 15 is 0 Å². The Balaban J connectivity index is 1.99. The zero-order valence-corrected chi connectivity index (χ0v) is 18.5. The van der Waals surface area contributed by atoms with Gasteiger partial charge in [-0.15, -0.1) is 0 Å². The quantitative estimate of drug-likeness (QED) is 0.210. The van der Waals surface area contributed by atoms with Crippen LogP contribution in [0.4, 0.5) is 5.69 Å². The highest BCUT2D eigenvalue weighted by Gasteiger charge is 2.12. The molecule has 0 aliphatic rings. The molecule has 0 spiro atoms. The zero-order chi connectivity index (χ0) is 21.9. The number of nitrogens with zero attached hydrogens (tertiary/aromatic N) is 2. The number of benzene rings is 2. The number of non-ortho nitro benzene ring substituents is 1. The summed E-state index contributed by atoms with van der Waals surface area (Å²) in [6, 6.07) is 8.84. The van der Waals surface area contributed by atoms with Crippen molar-refractivity contribution in [1.82, 2.24) is 5.43 Å². The molecule has 8 nitrogen and oxygen atoms in total. The summed E-state index contributed by atoms with van der Waals surface area (Å²) in [5.41, 5.74) is 3.27. The van der Waals surface area contributed by atoms with Gasteiger partial charge in [-0.1, -0.05) is 26.2 Å². The van der Waals surface area contributed by atoms with Gasteiger partial charge >= 0.3 is 0 Å².